The van der Waals surface area contributed by atoms with Gasteiger partial charge >= 0.3 is 0 Å². The quantitative estimate of drug-likeness (QED) is 0.161. The first-order valence-corrected chi connectivity index (χ1v) is 23.9. The zero-order valence-electron chi connectivity index (χ0n) is 49.7. The zero-order chi connectivity index (χ0) is 56.5. The Morgan fingerprint density at radius 2 is 1.12 bits per heavy atom. The molecule has 0 radical (unpaired) electrons. The van der Waals surface area contributed by atoms with E-state index in [1.807, 2.05) is 135 Å². The molecule has 1 aliphatic heterocycles. The van der Waals surface area contributed by atoms with Gasteiger partial charge in [0.15, 0.2) is 0 Å². The second-order valence-electron chi connectivity index (χ2n) is 20.6. The number of anilines is 2. The van der Waals surface area contributed by atoms with Gasteiger partial charge in [0.1, 0.15) is 11.5 Å². The van der Waals surface area contributed by atoms with Gasteiger partial charge in [0.2, 0.25) is 0 Å². The SMILES string of the molecule is [2H]C([2H])([2H])C(c1cc(-c2cccc3c4ccccc4c4ccccc4c4cccc5c4n(c23)[CH-]N5c2[c-]c(Oc3[c-]c4c(cc3)c3cccnc3n4-c3cc(C(C)(C)C)ccn3)ccc2)cc(C(C)(C)C)c1)(C([2H])([2H])[2H])C([2H])([2H])[2H].[Pt]. The molecule has 0 spiro atoms. The Morgan fingerprint density at radius 1 is 0.514 bits per heavy atom. The number of rotatable bonds is 5. The smallest absolute Gasteiger partial charge is 0.137 e. The number of fused-ring (bicyclic) bond motifs is 10. The molecule has 1 aliphatic rings. The van der Waals surface area contributed by atoms with Crippen LogP contribution in [0.2, 0.25) is 0 Å². The summed E-state index contributed by atoms with van der Waals surface area (Å²) in [5.74, 6) is 1.62. The molecule has 0 atom stereocenters. The topological polar surface area (TPSA) is 48.1 Å². The van der Waals surface area contributed by atoms with Crippen LogP contribution in [0.1, 0.15) is 91.1 Å². The number of nitrogens with zero attached hydrogens (tertiary/aromatic N) is 5. The van der Waals surface area contributed by atoms with Crippen LogP contribution in [0.3, 0.4) is 0 Å². The predicted octanol–water partition coefficient (Wildman–Crippen LogP) is 17.2. The van der Waals surface area contributed by atoms with Crippen molar-refractivity contribution < 1.29 is 38.1 Å². The fraction of sp³-hybridized carbons (Fsp3) is 0.185. The van der Waals surface area contributed by atoms with Crippen LogP contribution in [0.15, 0.2) is 170 Å². The third-order valence-corrected chi connectivity index (χ3v) is 13.8. The van der Waals surface area contributed by atoms with E-state index in [0.717, 1.165) is 76.8 Å². The van der Waals surface area contributed by atoms with Crippen LogP contribution in [0.25, 0.3) is 82.2 Å². The minimum absolute atomic E-state index is 0. The van der Waals surface area contributed by atoms with Crippen LogP contribution < -0.4 is 9.64 Å². The van der Waals surface area contributed by atoms with Gasteiger partial charge in [-0.1, -0.05) is 176 Å². The molecular weight excluding hydrogens is 1060 g/mol. The van der Waals surface area contributed by atoms with Crippen LogP contribution in [0, 0.1) is 18.8 Å². The molecule has 4 aromatic heterocycles. The summed E-state index contributed by atoms with van der Waals surface area (Å²) in [7, 11) is 0. The Hall–Kier alpha value is -7.40. The summed E-state index contributed by atoms with van der Waals surface area (Å²) >= 11 is 0. The van der Waals surface area contributed by atoms with Gasteiger partial charge in [-0.15, -0.1) is 35.7 Å². The van der Waals surface area contributed by atoms with Crippen LogP contribution in [-0.2, 0) is 37.3 Å². The van der Waals surface area contributed by atoms with E-state index in [9.17, 15) is 0 Å². The van der Waals surface area contributed by atoms with Gasteiger partial charge in [-0.2, -0.15) is 12.1 Å². The number of para-hydroxylation sites is 2. The maximum Gasteiger partial charge on any atom is 0.137 e. The Bertz CT molecular complexity index is 4350. The van der Waals surface area contributed by atoms with Gasteiger partial charge in [-0.05, 0) is 124 Å². The summed E-state index contributed by atoms with van der Waals surface area (Å²) in [5.41, 5.74) is 2.94. The second-order valence-corrected chi connectivity index (χ2v) is 20.6. The van der Waals surface area contributed by atoms with Crippen molar-refractivity contribution in [1.29, 1.82) is 0 Å². The van der Waals surface area contributed by atoms with Crippen molar-refractivity contribution in [3.05, 3.63) is 206 Å². The number of hydrogen-bond acceptors (Lipinski definition) is 4. The summed E-state index contributed by atoms with van der Waals surface area (Å²) in [6, 6.07) is 58.4. The monoisotopic (exact) mass is 1130 g/mol. The molecule has 0 N–H and O–H groups in total. The zero-order valence-corrected chi connectivity index (χ0v) is 43.0. The summed E-state index contributed by atoms with van der Waals surface area (Å²) in [5, 5.41) is 7.54. The summed E-state index contributed by atoms with van der Waals surface area (Å²) in [4.78, 5) is 11.7. The standard InChI is InChI=1S/C65H56N5O.Pt/c1-63(2,3)42-31-33-66-59(37-42)70-58-39-47(29-30-53(58)56-27-17-32-67-62(56)70)71-46-19-14-18-45(38-46)68-40-69-60-48(41-34-43(64(4,5)6)36-44(35-41)65(7,8)9)24-15-25-54(60)51-22-12-10-20-49(51)50-21-11-13-23-52(50)55-26-16-28-57(68)61(55)69;/h10-37,40H,1-9H3;/q-3;/i4D3,5D3,6D3;. The average Bonchev–Trinajstić information content (AvgIpc) is 4.19. The number of pyridine rings is 2. The van der Waals surface area contributed by atoms with E-state index >= 15 is 0 Å². The average molecular weight is 1130 g/mol. The van der Waals surface area contributed by atoms with E-state index in [1.54, 1.807) is 6.20 Å². The van der Waals surface area contributed by atoms with Crippen LogP contribution in [0.4, 0.5) is 11.4 Å². The van der Waals surface area contributed by atoms with Gasteiger partial charge in [0.25, 0.3) is 0 Å². The van der Waals surface area contributed by atoms with Crippen LogP contribution >= 0.6 is 0 Å². The molecule has 0 saturated heterocycles. The Morgan fingerprint density at radius 3 is 1.82 bits per heavy atom. The molecule has 0 amide bonds. The summed E-state index contributed by atoms with van der Waals surface area (Å²) in [6.07, 6.45) is 3.61. The van der Waals surface area contributed by atoms with Crippen molar-refractivity contribution in [2.24, 2.45) is 0 Å². The third kappa shape index (κ3) is 7.97. The van der Waals surface area contributed by atoms with Crippen LogP contribution in [-0.4, -0.2) is 19.1 Å². The first kappa shape index (κ1) is 37.4. The molecule has 7 heteroatoms. The van der Waals surface area contributed by atoms with E-state index in [0.29, 0.717) is 39.4 Å². The maximum atomic E-state index is 8.79. The Balaban J connectivity index is 0.00000690. The number of hydrogen-bond donors (Lipinski definition) is 0. The second kappa shape index (κ2) is 17.4. The van der Waals surface area contributed by atoms with Gasteiger partial charge < -0.3 is 18.8 Å². The molecule has 6 nitrogen and oxygen atoms in total. The Labute approximate surface area is 449 Å². The molecule has 7 aromatic carbocycles. The minimum atomic E-state index is -3.48. The summed E-state index contributed by atoms with van der Waals surface area (Å²) in [6.45, 7) is 3.92. The van der Waals surface area contributed by atoms with Gasteiger partial charge in [-0.3, -0.25) is 0 Å². The predicted molar refractivity (Wildman–Crippen MR) is 296 cm³/mol. The van der Waals surface area contributed by atoms with Crippen molar-refractivity contribution in [3.8, 4) is 28.4 Å². The van der Waals surface area contributed by atoms with Gasteiger partial charge in [0.05, 0.1) is 0 Å². The molecule has 0 bridgehead atoms. The summed E-state index contributed by atoms with van der Waals surface area (Å²) < 4.78 is 90.0. The molecule has 0 fully saturated rings. The molecule has 0 saturated carbocycles. The fourth-order valence-corrected chi connectivity index (χ4v) is 10.2. The first-order valence-electron chi connectivity index (χ1n) is 28.4. The Kier molecular flexibility index (Phi) is 9.05. The van der Waals surface area contributed by atoms with Crippen molar-refractivity contribution in [2.75, 3.05) is 4.90 Å². The molecule has 11 aromatic rings. The molecular formula is C65H56N5OPt-3. The van der Waals surface area contributed by atoms with E-state index in [-0.39, 0.29) is 32.0 Å². The van der Waals surface area contributed by atoms with E-state index < -0.39 is 31.4 Å². The van der Waals surface area contributed by atoms with Crippen molar-refractivity contribution in [1.82, 2.24) is 19.1 Å². The minimum Gasteiger partial charge on any atom is -0.509 e. The molecule has 0 unspecified atom stereocenters. The molecule has 0 aliphatic carbocycles. The maximum absolute atomic E-state index is 8.79. The molecule has 360 valence electrons. The van der Waals surface area contributed by atoms with Crippen LogP contribution in [0.5, 0.6) is 11.5 Å². The van der Waals surface area contributed by atoms with Crippen molar-refractivity contribution in [3.63, 3.8) is 0 Å². The van der Waals surface area contributed by atoms with E-state index in [4.69, 9.17) is 27.0 Å². The van der Waals surface area contributed by atoms with E-state index in [2.05, 4.69) is 90.9 Å². The van der Waals surface area contributed by atoms with Crippen molar-refractivity contribution >= 4 is 76.7 Å². The van der Waals surface area contributed by atoms with Gasteiger partial charge in [0, 0.05) is 63.0 Å². The van der Waals surface area contributed by atoms with Crippen molar-refractivity contribution in [2.45, 2.75) is 78.3 Å². The largest absolute Gasteiger partial charge is 0.509 e. The van der Waals surface area contributed by atoms with E-state index in [1.165, 1.54) is 12.1 Å². The molecule has 72 heavy (non-hydrogen) atoms. The van der Waals surface area contributed by atoms with Gasteiger partial charge in [-0.25, -0.2) is 9.97 Å². The first-order chi connectivity index (χ1) is 37.8. The molecule has 12 rings (SSSR count). The number of ether oxygens (including phenoxy) is 1. The third-order valence-electron chi connectivity index (χ3n) is 13.8. The normalized spacial score (nSPS) is 15.1. The molecule has 5 heterocycles. The number of aromatic nitrogens is 4. The fourth-order valence-electron chi connectivity index (χ4n) is 10.2. The number of benzene rings is 7.